The number of hydrogen-bond donors (Lipinski definition) is 4. The van der Waals surface area contributed by atoms with Crippen LogP contribution in [0, 0.1) is 0 Å². The number of nitrogens with one attached hydrogen (secondary N) is 4. The molecule has 2 aromatic heterocycles. The number of benzene rings is 1. The Morgan fingerprint density at radius 1 is 1.00 bits per heavy atom. The number of rotatable bonds is 7. The Hall–Kier alpha value is -3.23. The van der Waals surface area contributed by atoms with Gasteiger partial charge in [0.25, 0.3) is 0 Å². The van der Waals surface area contributed by atoms with Gasteiger partial charge in [-0.3, -0.25) is 0 Å². The van der Waals surface area contributed by atoms with E-state index in [9.17, 15) is 0 Å². The fraction of sp³-hybridized carbons (Fsp3) is 0.267. The third kappa shape index (κ3) is 3.75. The summed E-state index contributed by atoms with van der Waals surface area (Å²) in [6, 6.07) is 7.77. The Labute approximate surface area is 139 Å². The van der Waals surface area contributed by atoms with E-state index < -0.39 is 0 Å². The summed E-state index contributed by atoms with van der Waals surface area (Å²) in [5.74, 6) is 2.02. The number of anilines is 3. The summed E-state index contributed by atoms with van der Waals surface area (Å²) in [7, 11) is 0. The van der Waals surface area contributed by atoms with Crippen molar-refractivity contribution >= 4 is 35.1 Å². The third-order valence-electron chi connectivity index (χ3n) is 3.06. The van der Waals surface area contributed by atoms with Gasteiger partial charge >= 0.3 is 0 Å². The first-order chi connectivity index (χ1) is 11.8. The molecule has 0 saturated heterocycles. The molecule has 9 heteroatoms. The van der Waals surface area contributed by atoms with Crippen LogP contribution >= 0.6 is 0 Å². The third-order valence-corrected chi connectivity index (χ3v) is 3.06. The second-order valence-electron chi connectivity index (χ2n) is 4.87. The van der Waals surface area contributed by atoms with E-state index in [1.54, 1.807) is 0 Å². The minimum Gasteiger partial charge on any atom is -0.354 e. The molecule has 1 aromatic carbocycles. The van der Waals surface area contributed by atoms with Gasteiger partial charge in [0.2, 0.25) is 17.8 Å². The summed E-state index contributed by atoms with van der Waals surface area (Å²) in [5, 5.41) is 10.3. The molecule has 0 aliphatic carbocycles. The molecular formula is C15H19N9. The van der Waals surface area contributed by atoms with Gasteiger partial charge < -0.3 is 15.6 Å². The molecule has 0 unspecified atom stereocenters. The van der Waals surface area contributed by atoms with E-state index in [0.29, 0.717) is 23.7 Å². The molecule has 124 valence electrons. The average molecular weight is 325 g/mol. The van der Waals surface area contributed by atoms with Crippen LogP contribution in [0.15, 0.2) is 29.4 Å². The molecular weight excluding hydrogens is 306 g/mol. The molecule has 0 atom stereocenters. The van der Waals surface area contributed by atoms with Gasteiger partial charge in [0.15, 0.2) is 5.82 Å². The van der Waals surface area contributed by atoms with Gasteiger partial charge in [0.05, 0.1) is 17.2 Å². The number of aromatic nitrogens is 5. The van der Waals surface area contributed by atoms with Crippen molar-refractivity contribution in [2.24, 2.45) is 5.10 Å². The SMILES string of the molecule is CCNc1nc(/C=N/Nc2nc3ccccc3[nH]2)nc(NCC)n1. The molecule has 0 aliphatic rings. The second kappa shape index (κ2) is 7.36. The van der Waals surface area contributed by atoms with Crippen molar-refractivity contribution < 1.29 is 0 Å². The second-order valence-corrected chi connectivity index (χ2v) is 4.87. The molecule has 4 N–H and O–H groups in total. The van der Waals surface area contributed by atoms with Crippen LogP contribution in [0.1, 0.15) is 19.7 Å². The molecule has 0 fully saturated rings. The van der Waals surface area contributed by atoms with Crippen LogP contribution in [0.25, 0.3) is 11.0 Å². The van der Waals surface area contributed by atoms with Gasteiger partial charge in [-0.25, -0.2) is 10.4 Å². The van der Waals surface area contributed by atoms with E-state index >= 15 is 0 Å². The first-order valence-corrected chi connectivity index (χ1v) is 7.76. The maximum absolute atomic E-state index is 4.38. The van der Waals surface area contributed by atoms with Crippen molar-refractivity contribution in [3.63, 3.8) is 0 Å². The molecule has 0 saturated carbocycles. The number of H-pyrrole nitrogens is 1. The Bertz CT molecular complexity index is 783. The quantitative estimate of drug-likeness (QED) is 0.388. The lowest BCUT2D eigenvalue weighted by Crippen LogP contribution is -2.11. The van der Waals surface area contributed by atoms with Gasteiger partial charge in [-0.2, -0.15) is 20.1 Å². The van der Waals surface area contributed by atoms with E-state index in [4.69, 9.17) is 0 Å². The number of para-hydroxylation sites is 2. The monoisotopic (exact) mass is 325 g/mol. The number of fused-ring (bicyclic) bond motifs is 1. The molecule has 9 nitrogen and oxygen atoms in total. The largest absolute Gasteiger partial charge is 0.354 e. The number of hydrazone groups is 1. The van der Waals surface area contributed by atoms with Crippen LogP contribution in [0.2, 0.25) is 0 Å². The topological polar surface area (TPSA) is 116 Å². The maximum atomic E-state index is 4.38. The highest BCUT2D eigenvalue weighted by molar-refractivity contribution is 5.78. The lowest BCUT2D eigenvalue weighted by molar-refractivity contribution is 0.988. The van der Waals surface area contributed by atoms with Crippen molar-refractivity contribution in [3.8, 4) is 0 Å². The van der Waals surface area contributed by atoms with Gasteiger partial charge in [-0.15, -0.1) is 0 Å². The van der Waals surface area contributed by atoms with Crippen LogP contribution in [0.5, 0.6) is 0 Å². The van der Waals surface area contributed by atoms with Crippen LogP contribution in [0.3, 0.4) is 0 Å². The van der Waals surface area contributed by atoms with Crippen molar-refractivity contribution in [2.45, 2.75) is 13.8 Å². The van der Waals surface area contributed by atoms with Crippen LogP contribution < -0.4 is 16.1 Å². The maximum Gasteiger partial charge on any atom is 0.228 e. The lowest BCUT2D eigenvalue weighted by Gasteiger charge is -2.06. The highest BCUT2D eigenvalue weighted by Crippen LogP contribution is 2.13. The molecule has 2 heterocycles. The minimum atomic E-state index is 0.445. The normalized spacial score (nSPS) is 11.1. The van der Waals surface area contributed by atoms with Gasteiger partial charge in [-0.1, -0.05) is 12.1 Å². The van der Waals surface area contributed by atoms with E-state index in [2.05, 4.69) is 46.1 Å². The first-order valence-electron chi connectivity index (χ1n) is 7.76. The summed E-state index contributed by atoms with van der Waals surface area (Å²) in [5.41, 5.74) is 4.67. The standard InChI is InChI=1S/C15H19N9/c1-3-16-13-21-12(22-14(23-13)17-4-2)9-18-24-15-19-10-7-5-6-8-11(10)20-15/h5-9H,3-4H2,1-2H3,(H2,19,20,24)(H2,16,17,21,22,23)/b18-9+. The zero-order valence-electron chi connectivity index (χ0n) is 13.5. The molecule has 0 aliphatic heterocycles. The minimum absolute atomic E-state index is 0.445. The van der Waals surface area contributed by atoms with Crippen molar-refractivity contribution in [3.05, 3.63) is 30.1 Å². The molecule has 0 amide bonds. The Morgan fingerprint density at radius 3 is 2.38 bits per heavy atom. The molecule has 24 heavy (non-hydrogen) atoms. The van der Waals surface area contributed by atoms with E-state index in [0.717, 1.165) is 24.1 Å². The number of aromatic amines is 1. The van der Waals surface area contributed by atoms with Gasteiger partial charge in [0.1, 0.15) is 0 Å². The highest BCUT2D eigenvalue weighted by Gasteiger charge is 2.04. The lowest BCUT2D eigenvalue weighted by atomic mass is 10.3. The molecule has 0 spiro atoms. The van der Waals surface area contributed by atoms with E-state index in [1.165, 1.54) is 6.21 Å². The van der Waals surface area contributed by atoms with Crippen LogP contribution in [-0.2, 0) is 0 Å². The smallest absolute Gasteiger partial charge is 0.228 e. The highest BCUT2D eigenvalue weighted by atomic mass is 15.4. The van der Waals surface area contributed by atoms with Crippen molar-refractivity contribution in [2.75, 3.05) is 29.1 Å². The summed E-state index contributed by atoms with van der Waals surface area (Å²) in [6.07, 6.45) is 1.52. The molecule has 3 rings (SSSR count). The van der Waals surface area contributed by atoms with Crippen molar-refractivity contribution in [1.29, 1.82) is 0 Å². The van der Waals surface area contributed by atoms with E-state index in [1.807, 2.05) is 38.1 Å². The Balaban J connectivity index is 1.75. The van der Waals surface area contributed by atoms with Crippen molar-refractivity contribution in [1.82, 2.24) is 24.9 Å². The fourth-order valence-electron chi connectivity index (χ4n) is 2.08. The molecule has 0 bridgehead atoms. The summed E-state index contributed by atoms with van der Waals surface area (Å²) in [4.78, 5) is 20.3. The van der Waals surface area contributed by atoms with E-state index in [-0.39, 0.29) is 0 Å². The zero-order valence-corrected chi connectivity index (χ0v) is 13.5. The number of nitrogens with zero attached hydrogens (tertiary/aromatic N) is 5. The summed E-state index contributed by atoms with van der Waals surface area (Å²) < 4.78 is 0. The number of imidazole rings is 1. The predicted octanol–water partition coefficient (Wildman–Crippen LogP) is 2.06. The molecule has 0 radical (unpaired) electrons. The summed E-state index contributed by atoms with van der Waals surface area (Å²) >= 11 is 0. The zero-order chi connectivity index (χ0) is 16.8. The Morgan fingerprint density at radius 2 is 1.71 bits per heavy atom. The van der Waals surface area contributed by atoms with Gasteiger partial charge in [0, 0.05) is 13.1 Å². The summed E-state index contributed by atoms with van der Waals surface area (Å²) in [6.45, 7) is 5.41. The fourth-order valence-corrected chi connectivity index (χ4v) is 2.08. The molecule has 3 aromatic rings. The van der Waals surface area contributed by atoms with Crippen LogP contribution in [-0.4, -0.2) is 44.2 Å². The van der Waals surface area contributed by atoms with Gasteiger partial charge in [-0.05, 0) is 26.0 Å². The van der Waals surface area contributed by atoms with Crippen LogP contribution in [0.4, 0.5) is 17.8 Å². The number of hydrogen-bond acceptors (Lipinski definition) is 8. The first kappa shape index (κ1) is 15.7. The average Bonchev–Trinajstić information content (AvgIpc) is 2.98. The Kier molecular flexibility index (Phi) is 4.80. The predicted molar refractivity (Wildman–Crippen MR) is 95.5 cm³/mol.